The first-order valence-electron chi connectivity index (χ1n) is 10.2. The molecule has 4 saturated carbocycles. The van der Waals surface area contributed by atoms with Crippen LogP contribution in [0.25, 0.3) is 0 Å². The first-order valence-corrected chi connectivity index (χ1v) is 10.2. The van der Waals surface area contributed by atoms with Crippen LogP contribution in [0.1, 0.15) is 65.2 Å². The van der Waals surface area contributed by atoms with Crippen molar-refractivity contribution in [1.82, 2.24) is 0 Å². The fraction of sp³-hybridized carbons (Fsp3) is 0.905. The lowest BCUT2D eigenvalue weighted by Gasteiger charge is -2.60. The van der Waals surface area contributed by atoms with Gasteiger partial charge >= 0.3 is 0 Å². The third-order valence-electron chi connectivity index (χ3n) is 9.08. The molecule has 3 N–H and O–H groups in total. The highest BCUT2D eigenvalue weighted by Crippen LogP contribution is 2.67. The first kappa shape index (κ1) is 18.6. The highest BCUT2D eigenvalue weighted by molar-refractivity contribution is 5.92. The Morgan fingerprint density at radius 2 is 1.88 bits per heavy atom. The normalized spacial score (nSPS) is 53.6. The summed E-state index contributed by atoms with van der Waals surface area (Å²) in [6.45, 7) is 3.46. The van der Waals surface area contributed by atoms with Crippen molar-refractivity contribution in [3.05, 3.63) is 0 Å². The van der Waals surface area contributed by atoms with Crippen LogP contribution >= 0.6 is 0 Å². The van der Waals surface area contributed by atoms with E-state index >= 15 is 0 Å². The van der Waals surface area contributed by atoms with Crippen LogP contribution in [0.3, 0.4) is 0 Å². The molecule has 0 aromatic rings. The molecule has 0 saturated heterocycles. The number of hydrogen-bond acceptors (Lipinski definition) is 5. The molecular formula is C21H32O5. The minimum atomic E-state index is -1.58. The van der Waals surface area contributed by atoms with Gasteiger partial charge in [0, 0.05) is 17.8 Å². The summed E-state index contributed by atoms with van der Waals surface area (Å²) in [4.78, 5) is 25.7. The predicted molar refractivity (Wildman–Crippen MR) is 95.2 cm³/mol. The van der Waals surface area contributed by atoms with Gasteiger partial charge in [0.1, 0.15) is 18.0 Å². The lowest BCUT2D eigenvalue weighted by atomic mass is 9.44. The van der Waals surface area contributed by atoms with Crippen molar-refractivity contribution in [3.63, 3.8) is 0 Å². The summed E-state index contributed by atoms with van der Waals surface area (Å²) < 4.78 is 0. The molecule has 0 bridgehead atoms. The molecule has 0 aliphatic heterocycles. The van der Waals surface area contributed by atoms with E-state index < -0.39 is 23.4 Å². The Hall–Kier alpha value is -0.780. The number of carbonyl (C=O) groups is 2. The Labute approximate surface area is 155 Å². The largest absolute Gasteiger partial charge is 0.393 e. The van der Waals surface area contributed by atoms with E-state index in [2.05, 4.69) is 6.92 Å². The highest BCUT2D eigenvalue weighted by Gasteiger charge is 2.68. The van der Waals surface area contributed by atoms with Crippen LogP contribution in [-0.2, 0) is 9.59 Å². The Morgan fingerprint density at radius 1 is 1.15 bits per heavy atom. The number of aliphatic hydroxyl groups excluding tert-OH is 2. The zero-order chi connectivity index (χ0) is 18.9. The van der Waals surface area contributed by atoms with Crippen molar-refractivity contribution in [2.24, 2.45) is 34.5 Å². The van der Waals surface area contributed by atoms with Gasteiger partial charge in [-0.2, -0.15) is 0 Å². The molecule has 0 spiro atoms. The van der Waals surface area contributed by atoms with E-state index in [9.17, 15) is 24.9 Å². The minimum Gasteiger partial charge on any atom is -0.393 e. The van der Waals surface area contributed by atoms with Crippen LogP contribution in [0, 0.1) is 34.5 Å². The number of Topliss-reactive ketones (excluding diaryl/α,β-unsaturated/α-hetero) is 2. The summed E-state index contributed by atoms with van der Waals surface area (Å²) in [5, 5.41) is 30.6. The molecular weight excluding hydrogens is 332 g/mol. The van der Waals surface area contributed by atoms with E-state index in [0.717, 1.165) is 38.5 Å². The summed E-state index contributed by atoms with van der Waals surface area (Å²) in [6.07, 6.45) is 5.47. The number of aliphatic hydroxyl groups is 3. The summed E-state index contributed by atoms with van der Waals surface area (Å²) in [7, 11) is 0. The quantitative estimate of drug-likeness (QED) is 0.695. The second-order valence-electron chi connectivity index (χ2n) is 10.00. The van der Waals surface area contributed by atoms with E-state index in [1.54, 1.807) is 0 Å². The van der Waals surface area contributed by atoms with Gasteiger partial charge < -0.3 is 15.3 Å². The number of carbonyl (C=O) groups excluding carboxylic acids is 2. The maximum absolute atomic E-state index is 13.4. The fourth-order valence-electron chi connectivity index (χ4n) is 7.64. The molecule has 0 aromatic carbocycles. The van der Waals surface area contributed by atoms with Gasteiger partial charge in [0.2, 0.25) is 0 Å². The Bertz CT molecular complexity index is 632. The monoisotopic (exact) mass is 364 g/mol. The molecule has 1 unspecified atom stereocenters. The van der Waals surface area contributed by atoms with Crippen LogP contribution < -0.4 is 0 Å². The van der Waals surface area contributed by atoms with E-state index in [1.807, 2.05) is 6.92 Å². The summed E-state index contributed by atoms with van der Waals surface area (Å²) in [6, 6.07) is 0. The summed E-state index contributed by atoms with van der Waals surface area (Å²) in [5.74, 6) is 0.380. The van der Waals surface area contributed by atoms with Crippen LogP contribution in [0.2, 0.25) is 0 Å². The zero-order valence-electron chi connectivity index (χ0n) is 15.9. The zero-order valence-corrected chi connectivity index (χ0v) is 15.9. The molecule has 4 rings (SSSR count). The smallest absolute Gasteiger partial charge is 0.190 e. The summed E-state index contributed by atoms with van der Waals surface area (Å²) in [5.41, 5.74) is -2.40. The summed E-state index contributed by atoms with van der Waals surface area (Å²) >= 11 is 0. The Morgan fingerprint density at radius 3 is 2.58 bits per heavy atom. The fourth-order valence-corrected chi connectivity index (χ4v) is 7.64. The Kier molecular flexibility index (Phi) is 4.18. The molecule has 0 heterocycles. The van der Waals surface area contributed by atoms with Gasteiger partial charge in [-0.15, -0.1) is 0 Å². The van der Waals surface area contributed by atoms with Crippen LogP contribution in [0.15, 0.2) is 0 Å². The molecule has 5 nitrogen and oxygen atoms in total. The Balaban J connectivity index is 1.70. The van der Waals surface area contributed by atoms with Crippen LogP contribution in [0.4, 0.5) is 0 Å². The van der Waals surface area contributed by atoms with E-state index in [4.69, 9.17) is 0 Å². The number of ketones is 2. The molecule has 0 aromatic heterocycles. The topological polar surface area (TPSA) is 94.8 Å². The molecule has 8 atom stereocenters. The second kappa shape index (κ2) is 5.86. The number of hydrogen-bond donors (Lipinski definition) is 3. The van der Waals surface area contributed by atoms with Gasteiger partial charge in [-0.1, -0.05) is 13.8 Å². The van der Waals surface area contributed by atoms with Crippen molar-refractivity contribution in [2.75, 3.05) is 6.61 Å². The molecule has 5 heteroatoms. The average Bonchev–Trinajstić information content (AvgIpc) is 2.86. The maximum atomic E-state index is 13.4. The van der Waals surface area contributed by atoms with Gasteiger partial charge in [0.05, 0.1) is 6.10 Å². The maximum Gasteiger partial charge on any atom is 0.190 e. The van der Waals surface area contributed by atoms with Gasteiger partial charge in [-0.3, -0.25) is 9.59 Å². The predicted octanol–water partition coefficient (Wildman–Crippen LogP) is 1.86. The molecule has 4 fully saturated rings. The minimum absolute atomic E-state index is 0.0154. The highest BCUT2D eigenvalue weighted by atomic mass is 16.3. The number of fused-ring (bicyclic) bond motifs is 5. The number of rotatable bonds is 2. The van der Waals surface area contributed by atoms with E-state index in [0.29, 0.717) is 12.3 Å². The third kappa shape index (κ3) is 2.20. The van der Waals surface area contributed by atoms with E-state index in [-0.39, 0.29) is 41.5 Å². The van der Waals surface area contributed by atoms with Gasteiger partial charge in [0.25, 0.3) is 0 Å². The van der Waals surface area contributed by atoms with Gasteiger partial charge in [-0.25, -0.2) is 0 Å². The van der Waals surface area contributed by atoms with Crippen molar-refractivity contribution in [1.29, 1.82) is 0 Å². The average molecular weight is 364 g/mol. The van der Waals surface area contributed by atoms with Crippen LogP contribution in [-0.4, -0.2) is 45.2 Å². The van der Waals surface area contributed by atoms with E-state index in [1.165, 1.54) is 0 Å². The first-order chi connectivity index (χ1) is 12.2. The SMILES string of the molecule is C[C@@]12CCC(O)C[C@@H]1CC[C@H]1[C@H]2C(=O)C[C@]2(C)[C@@H]1CC[C@@]2(O)C(=O)CO. The molecule has 4 aliphatic rings. The molecule has 0 amide bonds. The van der Waals surface area contributed by atoms with Crippen molar-refractivity contribution in [2.45, 2.75) is 76.9 Å². The standard InChI is InChI=1S/C21H32O5/c1-19-7-5-13(23)9-12(19)3-4-14-15-6-8-21(26,17(25)11-22)20(15,2)10-16(24)18(14)19/h12-15,18,22-23,26H,3-11H2,1-2H3/t12-,13?,14+,15+,18-,19+,20+,21+/m0/s1. The lowest BCUT2D eigenvalue weighted by Crippen LogP contribution is -2.62. The van der Waals surface area contributed by atoms with Gasteiger partial charge in [-0.05, 0) is 68.1 Å². The van der Waals surface area contributed by atoms with Gasteiger partial charge in [0.15, 0.2) is 5.78 Å². The van der Waals surface area contributed by atoms with Crippen molar-refractivity contribution in [3.8, 4) is 0 Å². The third-order valence-corrected chi connectivity index (χ3v) is 9.08. The molecule has 0 radical (unpaired) electrons. The molecule has 26 heavy (non-hydrogen) atoms. The molecule has 4 aliphatic carbocycles. The van der Waals surface area contributed by atoms with Crippen LogP contribution in [0.5, 0.6) is 0 Å². The lowest BCUT2D eigenvalue weighted by molar-refractivity contribution is -0.180. The van der Waals surface area contributed by atoms with Crippen molar-refractivity contribution < 1.29 is 24.9 Å². The van der Waals surface area contributed by atoms with Crippen molar-refractivity contribution >= 4 is 11.6 Å². The second-order valence-corrected chi connectivity index (χ2v) is 10.00. The molecule has 146 valence electrons.